The molecule has 2 unspecified atom stereocenters. The number of aliphatic carboxylic acids is 1. The summed E-state index contributed by atoms with van der Waals surface area (Å²) in [6.45, 7) is -0.102. The second-order valence-corrected chi connectivity index (χ2v) is 7.44. The van der Waals surface area contributed by atoms with Gasteiger partial charge < -0.3 is 10.0 Å². The van der Waals surface area contributed by atoms with Crippen LogP contribution < -0.4 is 0 Å². The monoisotopic (exact) mass is 393 g/mol. The van der Waals surface area contributed by atoms with Gasteiger partial charge in [0, 0.05) is 23.4 Å². The van der Waals surface area contributed by atoms with Crippen molar-refractivity contribution in [1.29, 1.82) is 0 Å². The summed E-state index contributed by atoms with van der Waals surface area (Å²) < 4.78 is 34.9. The molecule has 1 fully saturated rings. The molecule has 9 heteroatoms. The number of halogens is 2. The molecule has 120 valence electrons. The Bertz CT molecular complexity index is 691. The van der Waals surface area contributed by atoms with Crippen LogP contribution in [0.15, 0.2) is 28.7 Å². The Morgan fingerprint density at radius 3 is 2.50 bits per heavy atom. The van der Waals surface area contributed by atoms with E-state index in [1.807, 2.05) is 0 Å². The molecule has 0 radical (unpaired) electrons. The van der Waals surface area contributed by atoms with Gasteiger partial charge in [0.1, 0.15) is 0 Å². The number of likely N-dealkylation sites (tertiary alicyclic amines) is 1. The number of carboxylic acids is 1. The summed E-state index contributed by atoms with van der Waals surface area (Å²) in [4.78, 5) is 24.6. The van der Waals surface area contributed by atoms with Crippen molar-refractivity contribution in [2.24, 2.45) is 5.92 Å². The number of amides is 1. The quantitative estimate of drug-likeness (QED) is 0.768. The van der Waals surface area contributed by atoms with E-state index in [9.17, 15) is 27.0 Å². The second-order valence-electron chi connectivity index (χ2n) is 5.11. The van der Waals surface area contributed by atoms with Crippen LogP contribution in [0.1, 0.15) is 18.0 Å². The van der Waals surface area contributed by atoms with Crippen molar-refractivity contribution in [3.8, 4) is 0 Å². The fourth-order valence-corrected chi connectivity index (χ4v) is 3.60. The standard InChI is InChI=1S/C13H13BrFNO5S/c14-10-3-1-9(2-4-10)12(13(18)19)16-6-8(5-11(16)17)7-22(15,20)21/h1-4,8,12H,5-7H2,(H,18,19). The molecule has 6 nitrogen and oxygen atoms in total. The molecule has 1 amide bonds. The van der Waals surface area contributed by atoms with E-state index in [1.165, 1.54) is 0 Å². The first-order valence-electron chi connectivity index (χ1n) is 6.37. The zero-order chi connectivity index (χ0) is 16.5. The van der Waals surface area contributed by atoms with Gasteiger partial charge >= 0.3 is 16.2 Å². The average molecular weight is 394 g/mol. The molecule has 1 aromatic carbocycles. The summed E-state index contributed by atoms with van der Waals surface area (Å²) in [7, 11) is -4.70. The highest BCUT2D eigenvalue weighted by atomic mass is 79.9. The van der Waals surface area contributed by atoms with Gasteiger partial charge in [-0.15, -0.1) is 3.89 Å². The minimum absolute atomic E-state index is 0.102. The van der Waals surface area contributed by atoms with E-state index in [-0.39, 0.29) is 13.0 Å². The average Bonchev–Trinajstić information content (AvgIpc) is 2.70. The van der Waals surface area contributed by atoms with Crippen molar-refractivity contribution < 1.29 is 27.0 Å². The number of carboxylic acid groups (broad SMARTS) is 1. The zero-order valence-corrected chi connectivity index (χ0v) is 13.7. The Balaban J connectivity index is 2.24. The molecule has 0 spiro atoms. The first-order valence-corrected chi connectivity index (χ1v) is 8.72. The van der Waals surface area contributed by atoms with Crippen molar-refractivity contribution in [2.45, 2.75) is 12.5 Å². The zero-order valence-electron chi connectivity index (χ0n) is 11.3. The lowest BCUT2D eigenvalue weighted by Crippen LogP contribution is -2.35. The SMILES string of the molecule is O=C(O)C(c1ccc(Br)cc1)N1CC(CS(=O)(=O)F)CC1=O. The van der Waals surface area contributed by atoms with Crippen LogP contribution >= 0.6 is 15.9 Å². The predicted octanol–water partition coefficient (Wildman–Crippen LogP) is 1.72. The van der Waals surface area contributed by atoms with Gasteiger partial charge in [0.05, 0.1) is 5.75 Å². The number of carbonyl (C=O) groups is 2. The Morgan fingerprint density at radius 2 is 2.00 bits per heavy atom. The highest BCUT2D eigenvalue weighted by Gasteiger charge is 2.40. The van der Waals surface area contributed by atoms with Gasteiger partial charge in [0.15, 0.2) is 6.04 Å². The molecule has 0 aromatic heterocycles. The minimum Gasteiger partial charge on any atom is -0.479 e. The van der Waals surface area contributed by atoms with Gasteiger partial charge in [0.2, 0.25) is 5.91 Å². The molecule has 1 heterocycles. The fraction of sp³-hybridized carbons (Fsp3) is 0.385. The highest BCUT2D eigenvalue weighted by Crippen LogP contribution is 2.30. The van der Waals surface area contributed by atoms with Gasteiger partial charge in [-0.2, -0.15) is 8.42 Å². The van der Waals surface area contributed by atoms with Crippen LogP contribution in [0.25, 0.3) is 0 Å². The predicted molar refractivity (Wildman–Crippen MR) is 79.2 cm³/mol. The third-order valence-corrected chi connectivity index (χ3v) is 4.80. The number of nitrogens with zero attached hydrogens (tertiary/aromatic N) is 1. The Hall–Kier alpha value is -1.48. The molecule has 0 aliphatic carbocycles. The van der Waals surface area contributed by atoms with Crippen molar-refractivity contribution in [3.63, 3.8) is 0 Å². The molecular formula is C13H13BrFNO5S. The smallest absolute Gasteiger partial charge is 0.331 e. The van der Waals surface area contributed by atoms with Crippen LogP contribution in [0.4, 0.5) is 3.89 Å². The third-order valence-electron chi connectivity index (χ3n) is 3.40. The van der Waals surface area contributed by atoms with Gasteiger partial charge in [-0.25, -0.2) is 4.79 Å². The maximum Gasteiger partial charge on any atom is 0.331 e. The summed E-state index contributed by atoms with van der Waals surface area (Å²) in [6, 6.07) is 5.21. The van der Waals surface area contributed by atoms with Gasteiger partial charge in [-0.05, 0) is 17.7 Å². The maximum atomic E-state index is 12.7. The molecule has 1 N–H and O–H groups in total. The lowest BCUT2D eigenvalue weighted by molar-refractivity contribution is -0.148. The summed E-state index contributed by atoms with van der Waals surface area (Å²) in [5.74, 6) is -3.23. The Labute approximate surface area is 135 Å². The largest absolute Gasteiger partial charge is 0.479 e. The van der Waals surface area contributed by atoms with E-state index in [4.69, 9.17) is 0 Å². The van der Waals surface area contributed by atoms with Crippen LogP contribution in [0.5, 0.6) is 0 Å². The van der Waals surface area contributed by atoms with E-state index < -0.39 is 39.8 Å². The van der Waals surface area contributed by atoms with Gasteiger partial charge in [-0.3, -0.25) is 4.79 Å². The van der Waals surface area contributed by atoms with Crippen LogP contribution in [-0.2, 0) is 19.8 Å². The third kappa shape index (κ3) is 4.04. The number of rotatable bonds is 5. The molecule has 0 saturated carbocycles. The molecule has 0 bridgehead atoms. The van der Waals surface area contributed by atoms with Crippen LogP contribution in [0, 0.1) is 5.92 Å². The van der Waals surface area contributed by atoms with Gasteiger partial charge in [0.25, 0.3) is 0 Å². The number of hydrogen-bond acceptors (Lipinski definition) is 4. The molecule has 1 aliphatic rings. The van der Waals surface area contributed by atoms with E-state index in [0.717, 1.165) is 9.37 Å². The normalized spacial score (nSPS) is 20.2. The Kier molecular flexibility index (Phi) is 4.86. The van der Waals surface area contributed by atoms with Crippen LogP contribution in [0.2, 0.25) is 0 Å². The van der Waals surface area contributed by atoms with Crippen molar-refractivity contribution >= 4 is 38.0 Å². The molecule has 2 atom stereocenters. The topological polar surface area (TPSA) is 91.8 Å². The van der Waals surface area contributed by atoms with Crippen molar-refractivity contribution in [3.05, 3.63) is 34.3 Å². The molecule has 22 heavy (non-hydrogen) atoms. The lowest BCUT2D eigenvalue weighted by Gasteiger charge is -2.25. The number of carbonyl (C=O) groups excluding carboxylic acids is 1. The first kappa shape index (κ1) is 16.9. The molecule has 2 rings (SSSR count). The summed E-state index contributed by atoms with van der Waals surface area (Å²) in [6.07, 6.45) is -0.177. The fourth-order valence-electron chi connectivity index (χ4n) is 2.55. The second kappa shape index (κ2) is 6.33. The molecule has 1 aliphatic heterocycles. The number of hydrogen-bond donors (Lipinski definition) is 1. The highest BCUT2D eigenvalue weighted by molar-refractivity contribution is 9.10. The summed E-state index contributed by atoms with van der Waals surface area (Å²) in [5, 5.41) is 9.40. The van der Waals surface area contributed by atoms with Crippen molar-refractivity contribution in [1.82, 2.24) is 4.90 Å². The minimum atomic E-state index is -4.70. The molecule has 1 saturated heterocycles. The first-order chi connectivity index (χ1) is 10.2. The van der Waals surface area contributed by atoms with E-state index >= 15 is 0 Å². The van der Waals surface area contributed by atoms with E-state index in [2.05, 4.69) is 15.9 Å². The Morgan fingerprint density at radius 1 is 1.41 bits per heavy atom. The summed E-state index contributed by atoms with van der Waals surface area (Å²) in [5.41, 5.74) is 0.396. The van der Waals surface area contributed by atoms with Crippen LogP contribution in [0.3, 0.4) is 0 Å². The van der Waals surface area contributed by atoms with E-state index in [0.29, 0.717) is 5.56 Å². The maximum absolute atomic E-state index is 12.7. The molecule has 1 aromatic rings. The summed E-state index contributed by atoms with van der Waals surface area (Å²) >= 11 is 3.23. The molecular weight excluding hydrogens is 381 g/mol. The van der Waals surface area contributed by atoms with Crippen LogP contribution in [-0.4, -0.2) is 42.6 Å². The van der Waals surface area contributed by atoms with Crippen molar-refractivity contribution in [2.75, 3.05) is 12.3 Å². The lowest BCUT2D eigenvalue weighted by atomic mass is 10.1. The number of benzene rings is 1. The van der Waals surface area contributed by atoms with E-state index in [1.54, 1.807) is 24.3 Å². The van der Waals surface area contributed by atoms with Gasteiger partial charge in [-0.1, -0.05) is 28.1 Å².